The van der Waals surface area contributed by atoms with E-state index in [0.29, 0.717) is 16.1 Å². The number of amides is 1. The summed E-state index contributed by atoms with van der Waals surface area (Å²) in [6.07, 6.45) is 0.945. The van der Waals surface area contributed by atoms with Crippen LogP contribution in [0.5, 0.6) is 0 Å². The van der Waals surface area contributed by atoms with Crippen molar-refractivity contribution in [2.24, 2.45) is 0 Å². The first kappa shape index (κ1) is 22.6. The highest BCUT2D eigenvalue weighted by Crippen LogP contribution is 2.25. The van der Waals surface area contributed by atoms with Crippen LogP contribution in [0.2, 0.25) is 0 Å². The number of thioether (sulfide) groups is 1. The van der Waals surface area contributed by atoms with E-state index < -0.39 is 0 Å². The predicted octanol–water partition coefficient (Wildman–Crippen LogP) is 3.85. The quantitative estimate of drug-likeness (QED) is 0.438. The standard InChI is InChI=1S/C25H30N4O2S/c1-17(2)29-24(31)21-11-7-8-12-22(21)27-25(29)32-18(3)23(30)26-20-13-14-28(16-20)15-19-9-5-4-6-10-19/h4-12,17-18,20H,13-16H2,1-3H3,(H,26,30). The van der Waals surface area contributed by atoms with Gasteiger partial charge >= 0.3 is 0 Å². The van der Waals surface area contributed by atoms with E-state index in [1.54, 1.807) is 10.6 Å². The molecule has 0 saturated carbocycles. The minimum Gasteiger partial charge on any atom is -0.351 e. The van der Waals surface area contributed by atoms with Crippen molar-refractivity contribution in [2.75, 3.05) is 13.1 Å². The molecule has 32 heavy (non-hydrogen) atoms. The Balaban J connectivity index is 1.41. The number of fused-ring (bicyclic) bond motifs is 1. The number of benzene rings is 2. The van der Waals surface area contributed by atoms with Gasteiger partial charge in [-0.25, -0.2) is 4.98 Å². The largest absolute Gasteiger partial charge is 0.351 e. The van der Waals surface area contributed by atoms with Gasteiger partial charge in [-0.2, -0.15) is 0 Å². The topological polar surface area (TPSA) is 67.2 Å². The van der Waals surface area contributed by atoms with Crippen LogP contribution < -0.4 is 10.9 Å². The SMILES string of the molecule is CC(Sc1nc2ccccc2c(=O)n1C(C)C)C(=O)NC1CCN(Cc2ccccc2)C1. The molecule has 2 aromatic carbocycles. The van der Waals surface area contributed by atoms with Crippen molar-refractivity contribution in [1.82, 2.24) is 19.8 Å². The Hall–Kier alpha value is -2.64. The number of carbonyl (C=O) groups is 1. The maximum atomic E-state index is 13.0. The molecule has 2 heterocycles. The minimum absolute atomic E-state index is 0.0146. The van der Waals surface area contributed by atoms with Gasteiger partial charge in [-0.05, 0) is 44.9 Å². The van der Waals surface area contributed by atoms with Gasteiger partial charge in [0.15, 0.2) is 5.16 Å². The van der Waals surface area contributed by atoms with Gasteiger partial charge in [-0.15, -0.1) is 0 Å². The summed E-state index contributed by atoms with van der Waals surface area (Å²) in [5, 5.41) is 4.04. The first-order chi connectivity index (χ1) is 15.4. The minimum atomic E-state index is -0.351. The third-order valence-electron chi connectivity index (χ3n) is 5.81. The molecule has 3 aromatic rings. The fourth-order valence-corrected chi connectivity index (χ4v) is 5.18. The Morgan fingerprint density at radius 3 is 2.59 bits per heavy atom. The van der Waals surface area contributed by atoms with E-state index in [9.17, 15) is 9.59 Å². The first-order valence-corrected chi connectivity index (χ1v) is 12.0. The monoisotopic (exact) mass is 450 g/mol. The third kappa shape index (κ3) is 5.05. The molecule has 2 atom stereocenters. The maximum absolute atomic E-state index is 13.0. The van der Waals surface area contributed by atoms with E-state index in [2.05, 4.69) is 34.5 Å². The molecule has 0 spiro atoms. The molecular formula is C25H30N4O2S. The second kappa shape index (κ2) is 9.88. The lowest BCUT2D eigenvalue weighted by Crippen LogP contribution is -2.41. The van der Waals surface area contributed by atoms with Crippen molar-refractivity contribution in [1.29, 1.82) is 0 Å². The summed E-state index contributed by atoms with van der Waals surface area (Å²) in [7, 11) is 0. The number of likely N-dealkylation sites (tertiary alicyclic amines) is 1. The molecule has 0 radical (unpaired) electrons. The highest BCUT2D eigenvalue weighted by atomic mass is 32.2. The normalized spacial score (nSPS) is 17.7. The molecule has 1 aromatic heterocycles. The molecule has 0 aliphatic carbocycles. The van der Waals surface area contributed by atoms with Crippen LogP contribution in [0.4, 0.5) is 0 Å². The first-order valence-electron chi connectivity index (χ1n) is 11.2. The summed E-state index contributed by atoms with van der Waals surface area (Å²) in [4.78, 5) is 33.0. The van der Waals surface area contributed by atoms with Gasteiger partial charge in [0, 0.05) is 31.7 Å². The molecule has 4 rings (SSSR count). The smallest absolute Gasteiger partial charge is 0.262 e. The van der Waals surface area contributed by atoms with E-state index in [-0.39, 0.29) is 28.8 Å². The fourth-order valence-electron chi connectivity index (χ4n) is 4.13. The Morgan fingerprint density at radius 2 is 1.84 bits per heavy atom. The highest BCUT2D eigenvalue weighted by molar-refractivity contribution is 8.00. The molecule has 2 unspecified atom stereocenters. The zero-order chi connectivity index (χ0) is 22.7. The predicted molar refractivity (Wildman–Crippen MR) is 130 cm³/mol. The highest BCUT2D eigenvalue weighted by Gasteiger charge is 2.27. The van der Waals surface area contributed by atoms with E-state index in [1.165, 1.54) is 17.3 Å². The van der Waals surface area contributed by atoms with Crippen LogP contribution >= 0.6 is 11.8 Å². The number of rotatable bonds is 7. The molecule has 1 aliphatic heterocycles. The lowest BCUT2D eigenvalue weighted by Gasteiger charge is -2.20. The summed E-state index contributed by atoms with van der Waals surface area (Å²) >= 11 is 1.35. The average molecular weight is 451 g/mol. The van der Waals surface area contributed by atoms with Crippen LogP contribution in [0, 0.1) is 0 Å². The Kier molecular flexibility index (Phi) is 6.96. The van der Waals surface area contributed by atoms with Crippen LogP contribution in [0.25, 0.3) is 10.9 Å². The number of carbonyl (C=O) groups excluding carboxylic acids is 1. The van der Waals surface area contributed by atoms with Crippen LogP contribution in [0.15, 0.2) is 64.5 Å². The second-order valence-corrected chi connectivity index (χ2v) is 9.96. The molecule has 7 heteroatoms. The molecule has 0 bridgehead atoms. The number of nitrogens with one attached hydrogen (secondary N) is 1. The summed E-state index contributed by atoms with van der Waals surface area (Å²) in [6, 6.07) is 17.9. The summed E-state index contributed by atoms with van der Waals surface area (Å²) < 4.78 is 1.69. The van der Waals surface area contributed by atoms with Gasteiger partial charge in [0.25, 0.3) is 5.56 Å². The van der Waals surface area contributed by atoms with Crippen molar-refractivity contribution in [3.8, 4) is 0 Å². The van der Waals surface area contributed by atoms with Crippen LogP contribution in [-0.4, -0.2) is 44.7 Å². The third-order valence-corrected chi connectivity index (χ3v) is 6.88. The molecular weight excluding hydrogens is 420 g/mol. The Labute approximate surface area is 193 Å². The second-order valence-electron chi connectivity index (χ2n) is 8.66. The van der Waals surface area contributed by atoms with Crippen molar-refractivity contribution >= 4 is 28.6 Å². The number of hydrogen-bond donors (Lipinski definition) is 1. The van der Waals surface area contributed by atoms with Gasteiger partial charge < -0.3 is 5.32 Å². The molecule has 6 nitrogen and oxygen atoms in total. The summed E-state index contributed by atoms with van der Waals surface area (Å²) in [6.45, 7) is 8.53. The van der Waals surface area contributed by atoms with Crippen molar-refractivity contribution in [3.63, 3.8) is 0 Å². The van der Waals surface area contributed by atoms with Gasteiger partial charge in [0.1, 0.15) is 0 Å². The molecule has 1 fully saturated rings. The van der Waals surface area contributed by atoms with Crippen molar-refractivity contribution in [2.45, 2.75) is 56.2 Å². The Bertz CT molecular complexity index is 1150. The van der Waals surface area contributed by atoms with Crippen molar-refractivity contribution < 1.29 is 4.79 Å². The van der Waals surface area contributed by atoms with E-state index in [1.807, 2.05) is 45.0 Å². The maximum Gasteiger partial charge on any atom is 0.262 e. The van der Waals surface area contributed by atoms with Crippen LogP contribution in [0.1, 0.15) is 38.8 Å². The lowest BCUT2D eigenvalue weighted by atomic mass is 10.2. The van der Waals surface area contributed by atoms with Gasteiger partial charge in [-0.1, -0.05) is 54.2 Å². The fraction of sp³-hybridized carbons (Fsp3) is 0.400. The molecule has 1 N–H and O–H groups in total. The molecule has 1 amide bonds. The lowest BCUT2D eigenvalue weighted by molar-refractivity contribution is -0.120. The van der Waals surface area contributed by atoms with E-state index in [4.69, 9.17) is 4.98 Å². The van der Waals surface area contributed by atoms with E-state index >= 15 is 0 Å². The number of hydrogen-bond acceptors (Lipinski definition) is 5. The van der Waals surface area contributed by atoms with Crippen molar-refractivity contribution in [3.05, 3.63) is 70.5 Å². The van der Waals surface area contributed by atoms with Gasteiger partial charge in [0.2, 0.25) is 5.91 Å². The molecule has 168 valence electrons. The van der Waals surface area contributed by atoms with Gasteiger partial charge in [-0.3, -0.25) is 19.1 Å². The zero-order valence-electron chi connectivity index (χ0n) is 18.8. The molecule has 1 aliphatic rings. The number of aromatic nitrogens is 2. The summed E-state index contributed by atoms with van der Waals surface area (Å²) in [5.74, 6) is -0.0146. The zero-order valence-corrected chi connectivity index (χ0v) is 19.6. The average Bonchev–Trinajstić information content (AvgIpc) is 3.20. The van der Waals surface area contributed by atoms with E-state index in [0.717, 1.165) is 26.1 Å². The van der Waals surface area contributed by atoms with Crippen LogP contribution in [0.3, 0.4) is 0 Å². The Morgan fingerprint density at radius 1 is 1.12 bits per heavy atom. The number of para-hydroxylation sites is 1. The number of nitrogens with zero attached hydrogens (tertiary/aromatic N) is 3. The van der Waals surface area contributed by atoms with Gasteiger partial charge in [0.05, 0.1) is 16.2 Å². The summed E-state index contributed by atoms with van der Waals surface area (Å²) in [5.41, 5.74) is 1.89. The molecule has 1 saturated heterocycles. The van der Waals surface area contributed by atoms with Crippen LogP contribution in [-0.2, 0) is 11.3 Å².